The normalized spacial score (nSPS) is 10.4. The summed E-state index contributed by atoms with van der Waals surface area (Å²) in [5.74, 6) is 0.309. The summed E-state index contributed by atoms with van der Waals surface area (Å²) in [5, 5.41) is 4.44. The number of rotatable bonds is 1. The number of aryl methyl sites for hydroxylation is 1. The van der Waals surface area contributed by atoms with Crippen LogP contribution in [0.2, 0.25) is 0 Å². The Balaban J connectivity index is 2.44. The van der Waals surface area contributed by atoms with Crippen LogP contribution >= 0.6 is 12.6 Å². The van der Waals surface area contributed by atoms with Crippen molar-refractivity contribution in [2.24, 2.45) is 0 Å². The number of carbonyl (C=O) groups is 1. The van der Waals surface area contributed by atoms with E-state index in [-0.39, 0.29) is 6.01 Å². The van der Waals surface area contributed by atoms with Gasteiger partial charge in [-0.3, -0.25) is 0 Å². The lowest BCUT2D eigenvalue weighted by atomic mass is 10.5. The molecule has 0 fully saturated rings. The van der Waals surface area contributed by atoms with E-state index in [9.17, 15) is 4.79 Å². The zero-order valence-corrected chi connectivity index (χ0v) is 9.43. The Morgan fingerprint density at radius 1 is 1.50 bits per heavy atom. The molecule has 0 aliphatic heterocycles. The van der Waals surface area contributed by atoms with Gasteiger partial charge in [0.2, 0.25) is 0 Å². The maximum atomic E-state index is 10.8. The molecule has 0 saturated carbocycles. The second-order valence-corrected chi connectivity index (χ2v) is 3.38. The van der Waals surface area contributed by atoms with Crippen LogP contribution in [0.1, 0.15) is 5.69 Å². The van der Waals surface area contributed by atoms with Crippen molar-refractivity contribution in [2.75, 3.05) is 7.11 Å². The van der Waals surface area contributed by atoms with Crippen LogP contribution < -0.4 is 4.74 Å². The Kier molecular flexibility index (Phi) is 2.65. The van der Waals surface area contributed by atoms with Gasteiger partial charge in [0.1, 0.15) is 5.03 Å². The van der Waals surface area contributed by atoms with Crippen molar-refractivity contribution in [3.8, 4) is 6.01 Å². The average molecular weight is 240 g/mol. The minimum Gasteiger partial charge on any atom is -0.437 e. The molecule has 0 amide bonds. The Morgan fingerprint density at radius 3 is 2.94 bits per heavy atom. The highest BCUT2D eigenvalue weighted by Gasteiger charge is 2.12. The summed E-state index contributed by atoms with van der Waals surface area (Å²) in [5.41, 5.74) is 0.745. The third-order valence-electron chi connectivity index (χ3n) is 1.74. The molecule has 0 unspecified atom stereocenters. The average Bonchev–Trinajstić information content (AvgIpc) is 2.60. The zero-order valence-electron chi connectivity index (χ0n) is 8.54. The van der Waals surface area contributed by atoms with Gasteiger partial charge in [-0.1, -0.05) is 0 Å². The molecule has 84 valence electrons. The molecule has 2 aromatic rings. The van der Waals surface area contributed by atoms with Crippen molar-refractivity contribution in [1.82, 2.24) is 19.6 Å². The van der Waals surface area contributed by atoms with Crippen LogP contribution in [0.3, 0.4) is 0 Å². The third kappa shape index (κ3) is 1.91. The minimum atomic E-state index is -0.881. The molecule has 16 heavy (non-hydrogen) atoms. The fourth-order valence-corrected chi connectivity index (χ4v) is 1.43. The van der Waals surface area contributed by atoms with Gasteiger partial charge in [0.15, 0.2) is 0 Å². The quantitative estimate of drug-likeness (QED) is 0.452. The SMILES string of the molecule is COC(=O)Oc1nc2nc(C)cc(S)n2n1. The molecule has 0 N–H and O–H groups in total. The number of methoxy groups -OCH3 is 1. The number of hydrogen-bond acceptors (Lipinski definition) is 7. The van der Waals surface area contributed by atoms with Gasteiger partial charge in [-0.05, 0) is 13.0 Å². The third-order valence-corrected chi connectivity index (χ3v) is 2.06. The minimum absolute atomic E-state index is 0.125. The summed E-state index contributed by atoms with van der Waals surface area (Å²) in [6, 6.07) is 1.59. The highest BCUT2D eigenvalue weighted by molar-refractivity contribution is 7.80. The lowest BCUT2D eigenvalue weighted by Gasteiger charge is -1.96. The number of carbonyl (C=O) groups excluding carboxylic acids is 1. The summed E-state index contributed by atoms with van der Waals surface area (Å²) >= 11 is 4.20. The summed E-state index contributed by atoms with van der Waals surface area (Å²) < 4.78 is 10.3. The molecule has 0 bridgehead atoms. The fourth-order valence-electron chi connectivity index (χ4n) is 1.11. The Hall–Kier alpha value is -1.83. The molecule has 2 rings (SSSR count). The zero-order chi connectivity index (χ0) is 11.7. The number of aromatic nitrogens is 4. The van der Waals surface area contributed by atoms with Crippen LogP contribution in [-0.2, 0) is 4.74 Å². The van der Waals surface area contributed by atoms with E-state index >= 15 is 0 Å². The second kappa shape index (κ2) is 3.97. The first-order chi connectivity index (χ1) is 7.60. The topological polar surface area (TPSA) is 78.6 Å². The first-order valence-electron chi connectivity index (χ1n) is 4.29. The van der Waals surface area contributed by atoms with E-state index in [1.165, 1.54) is 11.6 Å². The van der Waals surface area contributed by atoms with Crippen molar-refractivity contribution >= 4 is 24.6 Å². The molecular weight excluding hydrogens is 232 g/mol. The summed E-state index contributed by atoms with van der Waals surface area (Å²) in [4.78, 5) is 18.8. The highest BCUT2D eigenvalue weighted by Crippen LogP contribution is 2.12. The van der Waals surface area contributed by atoms with E-state index in [1.807, 2.05) is 0 Å². The van der Waals surface area contributed by atoms with Gasteiger partial charge in [0.05, 0.1) is 7.11 Å². The summed E-state index contributed by atoms with van der Waals surface area (Å²) in [6.45, 7) is 1.80. The largest absolute Gasteiger partial charge is 0.516 e. The van der Waals surface area contributed by atoms with Crippen molar-refractivity contribution in [1.29, 1.82) is 0 Å². The second-order valence-electron chi connectivity index (χ2n) is 2.92. The number of nitrogens with zero attached hydrogens (tertiary/aromatic N) is 4. The van der Waals surface area contributed by atoms with E-state index in [0.717, 1.165) is 5.69 Å². The number of thiol groups is 1. The number of fused-ring (bicyclic) bond motifs is 1. The van der Waals surface area contributed by atoms with Gasteiger partial charge in [-0.25, -0.2) is 9.78 Å². The van der Waals surface area contributed by atoms with Crippen molar-refractivity contribution < 1.29 is 14.3 Å². The number of hydrogen-bond donors (Lipinski definition) is 1. The van der Waals surface area contributed by atoms with Gasteiger partial charge in [-0.15, -0.1) is 17.7 Å². The lowest BCUT2D eigenvalue weighted by Crippen LogP contribution is -2.08. The Labute approximate surface area is 95.8 Å². The molecule has 0 saturated heterocycles. The molecule has 7 nitrogen and oxygen atoms in total. The molecule has 0 radical (unpaired) electrons. The van der Waals surface area contributed by atoms with Gasteiger partial charge in [0.25, 0.3) is 5.78 Å². The monoisotopic (exact) mass is 240 g/mol. The van der Waals surface area contributed by atoms with Gasteiger partial charge >= 0.3 is 12.2 Å². The smallest absolute Gasteiger partial charge is 0.437 e. The molecule has 0 aliphatic rings. The van der Waals surface area contributed by atoms with Crippen LogP contribution in [0.4, 0.5) is 4.79 Å². The number of ether oxygens (including phenoxy) is 2. The first-order valence-corrected chi connectivity index (χ1v) is 4.74. The van der Waals surface area contributed by atoms with E-state index < -0.39 is 6.16 Å². The first kappa shape index (κ1) is 10.7. The van der Waals surface area contributed by atoms with Crippen LogP contribution in [0.15, 0.2) is 11.1 Å². The van der Waals surface area contributed by atoms with Crippen LogP contribution in [0.5, 0.6) is 6.01 Å². The Morgan fingerprint density at radius 2 is 2.25 bits per heavy atom. The predicted octanol–water partition coefficient (Wildman–Crippen LogP) is 0.867. The van der Waals surface area contributed by atoms with E-state index in [2.05, 4.69) is 37.2 Å². The summed E-state index contributed by atoms with van der Waals surface area (Å²) in [7, 11) is 1.20. The van der Waals surface area contributed by atoms with Crippen LogP contribution in [0.25, 0.3) is 5.78 Å². The molecule has 0 atom stereocenters. The van der Waals surface area contributed by atoms with E-state index in [0.29, 0.717) is 10.8 Å². The molecule has 2 heterocycles. The molecular formula is C8H8N4O3S. The molecule has 2 aromatic heterocycles. The van der Waals surface area contributed by atoms with E-state index in [1.54, 1.807) is 13.0 Å². The summed E-state index contributed by atoms with van der Waals surface area (Å²) in [6.07, 6.45) is -0.881. The molecule has 0 aliphatic carbocycles. The predicted molar refractivity (Wildman–Crippen MR) is 55.8 cm³/mol. The van der Waals surface area contributed by atoms with Gasteiger partial charge in [-0.2, -0.15) is 9.50 Å². The van der Waals surface area contributed by atoms with Gasteiger partial charge < -0.3 is 9.47 Å². The van der Waals surface area contributed by atoms with Gasteiger partial charge in [0, 0.05) is 5.69 Å². The van der Waals surface area contributed by atoms with E-state index in [4.69, 9.17) is 0 Å². The van der Waals surface area contributed by atoms with Crippen LogP contribution in [-0.4, -0.2) is 32.8 Å². The standard InChI is InChI=1S/C8H8N4O3S/c1-4-3-5(16)12-6(9-4)10-7(11-12)15-8(13)14-2/h3,16H,1-2H3. The van der Waals surface area contributed by atoms with Crippen molar-refractivity contribution in [2.45, 2.75) is 11.9 Å². The van der Waals surface area contributed by atoms with Crippen LogP contribution in [0, 0.1) is 6.92 Å². The maximum Gasteiger partial charge on any atom is 0.516 e. The Bertz CT molecular complexity index is 553. The molecule has 0 aromatic carbocycles. The van der Waals surface area contributed by atoms with Crippen molar-refractivity contribution in [3.63, 3.8) is 0 Å². The molecule has 8 heteroatoms. The molecule has 0 spiro atoms. The van der Waals surface area contributed by atoms with Crippen molar-refractivity contribution in [3.05, 3.63) is 11.8 Å². The highest BCUT2D eigenvalue weighted by atomic mass is 32.1. The lowest BCUT2D eigenvalue weighted by molar-refractivity contribution is 0.118. The maximum absolute atomic E-state index is 10.8. The fraction of sp³-hybridized carbons (Fsp3) is 0.250.